The molecule has 0 aromatic heterocycles. The molecule has 20 heavy (non-hydrogen) atoms. The summed E-state index contributed by atoms with van der Waals surface area (Å²) in [4.78, 5) is 0. The lowest BCUT2D eigenvalue weighted by Gasteiger charge is -2.13. The van der Waals surface area contributed by atoms with Crippen molar-refractivity contribution >= 4 is 24.0 Å². The van der Waals surface area contributed by atoms with Gasteiger partial charge in [0.15, 0.2) is 11.5 Å². The Kier molecular flexibility index (Phi) is 9.82. The van der Waals surface area contributed by atoms with E-state index in [-0.39, 0.29) is 12.4 Å². The van der Waals surface area contributed by atoms with Gasteiger partial charge in [-0.15, -0.1) is 12.4 Å². The molecule has 1 N–H and O–H groups in total. The number of ether oxygens (including phenoxy) is 2. The predicted molar refractivity (Wildman–Crippen MR) is 87.6 cm³/mol. The zero-order valence-corrected chi connectivity index (χ0v) is 14.2. The van der Waals surface area contributed by atoms with Crippen LogP contribution in [0.3, 0.4) is 0 Å². The molecule has 0 saturated heterocycles. The van der Waals surface area contributed by atoms with Crippen LogP contribution in [0.1, 0.15) is 32.8 Å². The second-order valence-corrected chi connectivity index (χ2v) is 5.31. The number of hydrogen-bond acceptors (Lipinski definition) is 3. The third-order valence-corrected chi connectivity index (χ3v) is 3.09. The van der Waals surface area contributed by atoms with Crippen LogP contribution >= 0.6 is 24.0 Å². The monoisotopic (exact) mass is 321 g/mol. The van der Waals surface area contributed by atoms with Crippen molar-refractivity contribution in [1.29, 1.82) is 0 Å². The van der Waals surface area contributed by atoms with Crippen LogP contribution in [0.5, 0.6) is 11.5 Å². The van der Waals surface area contributed by atoms with Crippen molar-refractivity contribution in [1.82, 2.24) is 5.32 Å². The van der Waals surface area contributed by atoms with Gasteiger partial charge in [-0.1, -0.05) is 25.4 Å². The number of rotatable bonds is 8. The summed E-state index contributed by atoms with van der Waals surface area (Å²) in [5.74, 6) is 2.03. The maximum Gasteiger partial charge on any atom is 0.179 e. The van der Waals surface area contributed by atoms with Gasteiger partial charge in [-0.2, -0.15) is 0 Å². The molecule has 0 saturated carbocycles. The number of methoxy groups -OCH3 is 1. The largest absolute Gasteiger partial charge is 0.493 e. The first-order chi connectivity index (χ1) is 9.08. The molecule has 3 nitrogen and oxygen atoms in total. The molecule has 116 valence electrons. The van der Waals surface area contributed by atoms with E-state index in [1.54, 1.807) is 7.11 Å². The van der Waals surface area contributed by atoms with Crippen LogP contribution in [0.2, 0.25) is 5.02 Å². The van der Waals surface area contributed by atoms with E-state index < -0.39 is 0 Å². The highest BCUT2D eigenvalue weighted by Gasteiger charge is 2.11. The highest BCUT2D eigenvalue weighted by atomic mass is 35.5. The summed E-state index contributed by atoms with van der Waals surface area (Å²) in [7, 11) is 1.63. The van der Waals surface area contributed by atoms with Crippen molar-refractivity contribution in [2.24, 2.45) is 5.92 Å². The average molecular weight is 322 g/mol. The lowest BCUT2D eigenvalue weighted by atomic mass is 10.1. The summed E-state index contributed by atoms with van der Waals surface area (Å²) >= 11 is 6.22. The molecule has 0 aliphatic heterocycles. The van der Waals surface area contributed by atoms with Crippen molar-refractivity contribution in [3.05, 3.63) is 22.7 Å². The van der Waals surface area contributed by atoms with Crippen LogP contribution in [0, 0.1) is 5.92 Å². The number of halogens is 2. The van der Waals surface area contributed by atoms with Crippen LogP contribution < -0.4 is 14.8 Å². The van der Waals surface area contributed by atoms with Crippen LogP contribution in [-0.4, -0.2) is 20.3 Å². The summed E-state index contributed by atoms with van der Waals surface area (Å²) in [6.45, 7) is 8.73. The fraction of sp³-hybridized carbons (Fsp3) is 0.600. The van der Waals surface area contributed by atoms with Crippen LogP contribution in [0.4, 0.5) is 0 Å². The van der Waals surface area contributed by atoms with E-state index in [4.69, 9.17) is 21.1 Å². The lowest BCUT2D eigenvalue weighted by Crippen LogP contribution is -2.16. The minimum absolute atomic E-state index is 0. The Balaban J connectivity index is 0.00000361. The van der Waals surface area contributed by atoms with Gasteiger partial charge < -0.3 is 14.8 Å². The maximum absolute atomic E-state index is 6.22. The van der Waals surface area contributed by atoms with Crippen molar-refractivity contribution in [3.63, 3.8) is 0 Å². The molecule has 1 aromatic carbocycles. The Labute approximate surface area is 133 Å². The Hall–Kier alpha value is -0.640. The van der Waals surface area contributed by atoms with E-state index in [1.165, 1.54) is 6.42 Å². The molecule has 0 unspecified atom stereocenters. The molecule has 0 heterocycles. The summed E-state index contributed by atoms with van der Waals surface area (Å²) in [6.07, 6.45) is 1.17. The smallest absolute Gasteiger partial charge is 0.179 e. The normalized spacial score (nSPS) is 10.3. The van der Waals surface area contributed by atoms with Gasteiger partial charge in [0.2, 0.25) is 0 Å². The van der Waals surface area contributed by atoms with Gasteiger partial charge in [-0.05, 0) is 43.5 Å². The molecule has 0 amide bonds. The molecule has 0 radical (unpaired) electrons. The average Bonchev–Trinajstić information content (AvgIpc) is 2.37. The first-order valence-electron chi connectivity index (χ1n) is 6.78. The predicted octanol–water partition coefficient (Wildman–Crippen LogP) is 4.30. The van der Waals surface area contributed by atoms with Crippen LogP contribution in [-0.2, 0) is 6.54 Å². The molecule has 0 aliphatic carbocycles. The van der Waals surface area contributed by atoms with E-state index in [2.05, 4.69) is 19.2 Å². The maximum atomic E-state index is 6.22. The molecule has 0 aliphatic rings. The minimum Gasteiger partial charge on any atom is -0.493 e. The Bertz CT molecular complexity index is 398. The number of benzene rings is 1. The van der Waals surface area contributed by atoms with Gasteiger partial charge in [0.1, 0.15) is 0 Å². The summed E-state index contributed by atoms with van der Waals surface area (Å²) in [5, 5.41) is 4.01. The molecular weight excluding hydrogens is 297 g/mol. The quantitative estimate of drug-likeness (QED) is 0.724. The Morgan fingerprint density at radius 2 is 2.00 bits per heavy atom. The lowest BCUT2D eigenvalue weighted by molar-refractivity contribution is 0.311. The molecule has 0 fully saturated rings. The molecule has 5 heteroatoms. The molecule has 1 aromatic rings. The van der Waals surface area contributed by atoms with Crippen LogP contribution in [0.15, 0.2) is 12.1 Å². The standard InChI is InChI=1S/C15H24ClNO2.ClH/c1-5-19-15-13(16)8-12(9-14(15)18-4)10-17-7-6-11(2)3;/h8-9,11,17H,5-7,10H2,1-4H3;1H. The number of nitrogens with one attached hydrogen (secondary N) is 1. The number of hydrogen-bond donors (Lipinski definition) is 1. The van der Waals surface area contributed by atoms with Gasteiger partial charge in [-0.25, -0.2) is 0 Å². The minimum atomic E-state index is 0. The second kappa shape index (κ2) is 10.1. The Morgan fingerprint density at radius 3 is 2.55 bits per heavy atom. The van der Waals surface area contributed by atoms with Gasteiger partial charge >= 0.3 is 0 Å². The molecule has 0 atom stereocenters. The van der Waals surface area contributed by atoms with Gasteiger partial charge in [0.05, 0.1) is 18.7 Å². The fourth-order valence-corrected chi connectivity index (χ4v) is 2.07. The van der Waals surface area contributed by atoms with E-state index >= 15 is 0 Å². The topological polar surface area (TPSA) is 30.5 Å². The van der Waals surface area contributed by atoms with Crippen LogP contribution in [0.25, 0.3) is 0 Å². The summed E-state index contributed by atoms with van der Waals surface area (Å²) in [6, 6.07) is 3.90. The van der Waals surface area contributed by atoms with Gasteiger partial charge in [-0.3, -0.25) is 0 Å². The van der Waals surface area contributed by atoms with Crippen molar-refractivity contribution in [2.45, 2.75) is 33.7 Å². The third kappa shape index (κ3) is 6.21. The molecule has 1 rings (SSSR count). The van der Waals surface area contributed by atoms with E-state index in [0.29, 0.717) is 29.0 Å². The van der Waals surface area contributed by atoms with E-state index in [9.17, 15) is 0 Å². The van der Waals surface area contributed by atoms with Crippen molar-refractivity contribution in [2.75, 3.05) is 20.3 Å². The zero-order chi connectivity index (χ0) is 14.3. The third-order valence-electron chi connectivity index (χ3n) is 2.81. The molecule has 0 spiro atoms. The zero-order valence-electron chi connectivity index (χ0n) is 12.7. The van der Waals surface area contributed by atoms with Crippen molar-refractivity contribution < 1.29 is 9.47 Å². The van der Waals surface area contributed by atoms with Gasteiger partial charge in [0, 0.05) is 6.54 Å². The van der Waals surface area contributed by atoms with E-state index in [1.807, 2.05) is 19.1 Å². The first kappa shape index (κ1) is 19.4. The first-order valence-corrected chi connectivity index (χ1v) is 7.16. The van der Waals surface area contributed by atoms with E-state index in [0.717, 1.165) is 18.7 Å². The SMILES string of the molecule is CCOc1c(Cl)cc(CNCCC(C)C)cc1OC.Cl. The molecule has 0 bridgehead atoms. The Morgan fingerprint density at radius 1 is 1.30 bits per heavy atom. The fourth-order valence-electron chi connectivity index (χ4n) is 1.78. The van der Waals surface area contributed by atoms with Gasteiger partial charge in [0.25, 0.3) is 0 Å². The summed E-state index contributed by atoms with van der Waals surface area (Å²) < 4.78 is 10.8. The second-order valence-electron chi connectivity index (χ2n) is 4.90. The highest BCUT2D eigenvalue weighted by molar-refractivity contribution is 6.32. The highest BCUT2D eigenvalue weighted by Crippen LogP contribution is 2.36. The summed E-state index contributed by atoms with van der Waals surface area (Å²) in [5.41, 5.74) is 1.11. The molecular formula is C15H25Cl2NO2. The van der Waals surface area contributed by atoms with Crippen molar-refractivity contribution in [3.8, 4) is 11.5 Å².